The minimum Gasteiger partial charge on any atom is -0.392 e. The zero-order valence-corrected chi connectivity index (χ0v) is 10.2. The molecule has 0 amide bonds. The van der Waals surface area contributed by atoms with E-state index >= 15 is 0 Å². The van der Waals surface area contributed by atoms with Gasteiger partial charge in [0.15, 0.2) is 0 Å². The Morgan fingerprint density at radius 2 is 2.00 bits per heavy atom. The Morgan fingerprint density at radius 3 is 2.53 bits per heavy atom. The number of rotatable bonds is 4. The van der Waals surface area contributed by atoms with Crippen LogP contribution in [0.25, 0.3) is 0 Å². The van der Waals surface area contributed by atoms with E-state index in [0.717, 1.165) is 16.0 Å². The van der Waals surface area contributed by atoms with Crippen LogP contribution in [0, 0.1) is 6.92 Å². The van der Waals surface area contributed by atoms with Gasteiger partial charge in [0, 0.05) is 10.1 Å². The van der Waals surface area contributed by atoms with Crippen LogP contribution in [0.5, 0.6) is 0 Å². The summed E-state index contributed by atoms with van der Waals surface area (Å²) in [4.78, 5) is 1.05. The lowest BCUT2D eigenvalue weighted by Crippen LogP contribution is -2.15. The van der Waals surface area contributed by atoms with E-state index in [-0.39, 0.29) is 18.0 Å². The van der Waals surface area contributed by atoms with Crippen LogP contribution in [0.2, 0.25) is 0 Å². The van der Waals surface area contributed by atoms with Gasteiger partial charge in [-0.2, -0.15) is 0 Å². The number of aliphatic hydroxyl groups is 2. The molecule has 0 heterocycles. The fourth-order valence-electron chi connectivity index (χ4n) is 1.25. The first-order valence-electron chi connectivity index (χ1n) is 5.09. The molecule has 3 heteroatoms. The fourth-order valence-corrected chi connectivity index (χ4v) is 2.26. The lowest BCUT2D eigenvalue weighted by atomic mass is 10.1. The minimum absolute atomic E-state index is 0.0521. The molecule has 84 valence electrons. The topological polar surface area (TPSA) is 40.5 Å². The Labute approximate surface area is 95.3 Å². The summed E-state index contributed by atoms with van der Waals surface area (Å²) in [7, 11) is 0. The molecule has 0 aliphatic rings. The summed E-state index contributed by atoms with van der Waals surface area (Å²) in [5.74, 6) is 0. The number of hydrogen-bond acceptors (Lipinski definition) is 3. The van der Waals surface area contributed by atoms with Gasteiger partial charge in [0.2, 0.25) is 0 Å². The SMILES string of the molecule is Cc1ccc(SC(C)C(C)O)c(CO)c1. The molecule has 2 N–H and O–H groups in total. The largest absolute Gasteiger partial charge is 0.392 e. The molecule has 2 atom stereocenters. The molecular formula is C12H18O2S. The number of benzene rings is 1. The van der Waals surface area contributed by atoms with Crippen LogP contribution in [0.1, 0.15) is 25.0 Å². The van der Waals surface area contributed by atoms with E-state index in [1.807, 2.05) is 32.0 Å². The summed E-state index contributed by atoms with van der Waals surface area (Å²) in [6.45, 7) is 5.82. The van der Waals surface area contributed by atoms with Gasteiger partial charge < -0.3 is 10.2 Å². The maximum absolute atomic E-state index is 9.42. The van der Waals surface area contributed by atoms with Crippen LogP contribution < -0.4 is 0 Å². The number of aliphatic hydroxyl groups excluding tert-OH is 2. The molecule has 2 nitrogen and oxygen atoms in total. The van der Waals surface area contributed by atoms with Gasteiger partial charge in [-0.15, -0.1) is 11.8 Å². The predicted octanol–water partition coefficient (Wildman–Crippen LogP) is 2.35. The fraction of sp³-hybridized carbons (Fsp3) is 0.500. The molecule has 0 fully saturated rings. The van der Waals surface area contributed by atoms with Gasteiger partial charge in [-0.05, 0) is 25.5 Å². The smallest absolute Gasteiger partial charge is 0.0692 e. The van der Waals surface area contributed by atoms with Crippen LogP contribution in [0.3, 0.4) is 0 Å². The summed E-state index contributed by atoms with van der Waals surface area (Å²) in [5, 5.41) is 18.8. The van der Waals surface area contributed by atoms with Crippen molar-refractivity contribution in [1.82, 2.24) is 0 Å². The van der Waals surface area contributed by atoms with E-state index in [9.17, 15) is 10.2 Å². The zero-order valence-electron chi connectivity index (χ0n) is 9.40. The second kappa shape index (κ2) is 5.54. The minimum atomic E-state index is -0.345. The molecule has 15 heavy (non-hydrogen) atoms. The van der Waals surface area contributed by atoms with Crippen molar-refractivity contribution >= 4 is 11.8 Å². The molecule has 0 aliphatic heterocycles. The highest BCUT2D eigenvalue weighted by Gasteiger charge is 2.12. The maximum Gasteiger partial charge on any atom is 0.0692 e. The Bertz CT molecular complexity index is 323. The van der Waals surface area contributed by atoms with Crippen molar-refractivity contribution in [3.8, 4) is 0 Å². The summed E-state index contributed by atoms with van der Waals surface area (Å²) >= 11 is 1.60. The molecule has 0 radical (unpaired) electrons. The predicted molar refractivity (Wildman–Crippen MR) is 64.1 cm³/mol. The van der Waals surface area contributed by atoms with Crippen molar-refractivity contribution in [3.05, 3.63) is 29.3 Å². The molecule has 1 aromatic carbocycles. The standard InChI is InChI=1S/C12H18O2S/c1-8-4-5-12(11(6-8)7-13)15-10(3)9(2)14/h4-6,9-10,13-14H,7H2,1-3H3. The second-order valence-corrected chi connectivity index (χ2v) is 5.25. The third-order valence-electron chi connectivity index (χ3n) is 2.38. The monoisotopic (exact) mass is 226 g/mol. The van der Waals surface area contributed by atoms with Crippen molar-refractivity contribution in [2.24, 2.45) is 0 Å². The van der Waals surface area contributed by atoms with Gasteiger partial charge in [0.1, 0.15) is 0 Å². The molecule has 0 spiro atoms. The number of aryl methyl sites for hydroxylation is 1. The van der Waals surface area contributed by atoms with Crippen LogP contribution in [-0.2, 0) is 6.61 Å². The van der Waals surface area contributed by atoms with E-state index in [1.165, 1.54) is 0 Å². The molecule has 0 aromatic heterocycles. The highest BCUT2D eigenvalue weighted by Crippen LogP contribution is 2.29. The quantitative estimate of drug-likeness (QED) is 0.774. The van der Waals surface area contributed by atoms with E-state index in [4.69, 9.17) is 0 Å². The maximum atomic E-state index is 9.42. The van der Waals surface area contributed by atoms with Gasteiger partial charge in [0.25, 0.3) is 0 Å². The van der Waals surface area contributed by atoms with E-state index in [1.54, 1.807) is 18.7 Å². The summed E-state index contributed by atoms with van der Waals surface area (Å²) in [6, 6.07) is 6.01. The van der Waals surface area contributed by atoms with Crippen LogP contribution in [0.4, 0.5) is 0 Å². The molecule has 0 bridgehead atoms. The van der Waals surface area contributed by atoms with E-state index < -0.39 is 0 Å². The van der Waals surface area contributed by atoms with Crippen molar-refractivity contribution in [2.75, 3.05) is 0 Å². The van der Waals surface area contributed by atoms with Crippen molar-refractivity contribution < 1.29 is 10.2 Å². The number of hydrogen-bond donors (Lipinski definition) is 2. The van der Waals surface area contributed by atoms with Crippen LogP contribution in [0.15, 0.2) is 23.1 Å². The highest BCUT2D eigenvalue weighted by atomic mass is 32.2. The number of thioether (sulfide) groups is 1. The molecule has 0 aliphatic carbocycles. The molecular weight excluding hydrogens is 208 g/mol. The first-order valence-corrected chi connectivity index (χ1v) is 5.97. The van der Waals surface area contributed by atoms with Crippen molar-refractivity contribution in [2.45, 2.75) is 43.6 Å². The molecule has 1 aromatic rings. The van der Waals surface area contributed by atoms with E-state index in [2.05, 4.69) is 0 Å². The average Bonchev–Trinajstić information content (AvgIpc) is 2.20. The van der Waals surface area contributed by atoms with Crippen LogP contribution in [-0.4, -0.2) is 21.6 Å². The van der Waals surface area contributed by atoms with Gasteiger partial charge in [-0.1, -0.05) is 24.6 Å². The lowest BCUT2D eigenvalue weighted by molar-refractivity contribution is 0.196. The lowest BCUT2D eigenvalue weighted by Gasteiger charge is -2.16. The van der Waals surface area contributed by atoms with Crippen molar-refractivity contribution in [1.29, 1.82) is 0 Å². The molecule has 2 unspecified atom stereocenters. The Hall–Kier alpha value is -0.510. The third-order valence-corrected chi connectivity index (χ3v) is 3.80. The molecule has 0 saturated carbocycles. The van der Waals surface area contributed by atoms with Crippen molar-refractivity contribution in [3.63, 3.8) is 0 Å². The molecule has 1 rings (SSSR count). The first-order chi connectivity index (χ1) is 7.04. The normalized spacial score (nSPS) is 15.0. The summed E-state index contributed by atoms with van der Waals surface area (Å²) in [5.41, 5.74) is 2.08. The van der Waals surface area contributed by atoms with E-state index in [0.29, 0.717) is 0 Å². The average molecular weight is 226 g/mol. The Balaban J connectivity index is 2.84. The Kier molecular flexibility index (Phi) is 4.64. The molecule has 0 saturated heterocycles. The first kappa shape index (κ1) is 12.6. The summed E-state index contributed by atoms with van der Waals surface area (Å²) < 4.78 is 0. The van der Waals surface area contributed by atoms with Gasteiger partial charge in [-0.25, -0.2) is 0 Å². The van der Waals surface area contributed by atoms with Gasteiger partial charge in [-0.3, -0.25) is 0 Å². The highest BCUT2D eigenvalue weighted by molar-refractivity contribution is 8.00. The Morgan fingerprint density at radius 1 is 1.33 bits per heavy atom. The third kappa shape index (κ3) is 3.52. The van der Waals surface area contributed by atoms with Crippen LogP contribution >= 0.6 is 11.8 Å². The zero-order chi connectivity index (χ0) is 11.4. The summed E-state index contributed by atoms with van der Waals surface area (Å²) in [6.07, 6.45) is -0.345. The second-order valence-electron chi connectivity index (χ2n) is 3.83. The van der Waals surface area contributed by atoms with Gasteiger partial charge >= 0.3 is 0 Å². The van der Waals surface area contributed by atoms with Gasteiger partial charge in [0.05, 0.1) is 12.7 Å².